The van der Waals surface area contributed by atoms with Crippen molar-refractivity contribution in [3.63, 3.8) is 0 Å². The maximum absolute atomic E-state index is 12.3. The van der Waals surface area contributed by atoms with Crippen molar-refractivity contribution in [2.75, 3.05) is 24.3 Å². The predicted octanol–water partition coefficient (Wildman–Crippen LogP) is 3.54. The summed E-state index contributed by atoms with van der Waals surface area (Å²) in [6, 6.07) is 10.7. The fourth-order valence-corrected chi connectivity index (χ4v) is 2.10. The highest BCUT2D eigenvalue weighted by molar-refractivity contribution is 9.10. The molecule has 0 saturated carbocycles. The van der Waals surface area contributed by atoms with E-state index < -0.39 is 0 Å². The zero-order valence-corrected chi connectivity index (χ0v) is 13.4. The fourth-order valence-electron chi connectivity index (χ4n) is 1.75. The summed E-state index contributed by atoms with van der Waals surface area (Å²) in [4.78, 5) is 16.5. The molecule has 2 rings (SSSR count). The highest BCUT2D eigenvalue weighted by atomic mass is 79.9. The number of anilines is 2. The normalized spacial score (nSPS) is 10.0. The molecular weight excluding hydrogens is 334 g/mol. The number of ether oxygens (including phenoxy) is 1. The van der Waals surface area contributed by atoms with Crippen LogP contribution in [0.25, 0.3) is 0 Å². The number of nitrogens with one attached hydrogen (secondary N) is 2. The lowest BCUT2D eigenvalue weighted by Gasteiger charge is -2.10. The van der Waals surface area contributed by atoms with E-state index >= 15 is 0 Å². The minimum atomic E-state index is -0.274. The average molecular weight is 350 g/mol. The molecule has 1 aromatic heterocycles. The van der Waals surface area contributed by atoms with E-state index in [4.69, 9.17) is 4.74 Å². The van der Waals surface area contributed by atoms with Crippen LogP contribution in [0.3, 0.4) is 0 Å². The Morgan fingerprint density at radius 3 is 2.86 bits per heavy atom. The molecule has 0 unspecified atom stereocenters. The van der Waals surface area contributed by atoms with E-state index in [1.54, 1.807) is 25.3 Å². The molecular formula is C15H16BrN3O2. The van der Waals surface area contributed by atoms with Gasteiger partial charge in [0.1, 0.15) is 17.3 Å². The molecule has 21 heavy (non-hydrogen) atoms. The van der Waals surface area contributed by atoms with Crippen LogP contribution in [0, 0.1) is 0 Å². The van der Waals surface area contributed by atoms with Crippen molar-refractivity contribution in [2.24, 2.45) is 0 Å². The van der Waals surface area contributed by atoms with Gasteiger partial charge in [0.2, 0.25) is 0 Å². The van der Waals surface area contributed by atoms with Gasteiger partial charge in [0.25, 0.3) is 5.91 Å². The fraction of sp³-hybridized carbons (Fsp3) is 0.200. The Morgan fingerprint density at radius 2 is 2.14 bits per heavy atom. The second kappa shape index (κ2) is 7.08. The van der Waals surface area contributed by atoms with E-state index in [1.165, 1.54) is 0 Å². The lowest BCUT2D eigenvalue weighted by atomic mass is 10.2. The minimum Gasteiger partial charge on any atom is -0.497 e. The van der Waals surface area contributed by atoms with Gasteiger partial charge in [-0.3, -0.25) is 4.79 Å². The van der Waals surface area contributed by atoms with Crippen molar-refractivity contribution in [3.05, 3.63) is 46.6 Å². The Hall–Kier alpha value is -2.08. The minimum absolute atomic E-state index is 0.274. The van der Waals surface area contributed by atoms with Gasteiger partial charge in [0.05, 0.1) is 12.8 Å². The second-order valence-electron chi connectivity index (χ2n) is 4.24. The van der Waals surface area contributed by atoms with E-state index in [1.807, 2.05) is 25.1 Å². The van der Waals surface area contributed by atoms with Crippen LogP contribution in [0.5, 0.6) is 5.75 Å². The summed E-state index contributed by atoms with van der Waals surface area (Å²) in [6.07, 6.45) is 0. The number of halogens is 1. The number of benzene rings is 1. The molecule has 0 aliphatic rings. The highest BCUT2D eigenvalue weighted by Gasteiger charge is 2.11. The molecule has 0 saturated heterocycles. The average Bonchev–Trinajstić information content (AvgIpc) is 2.50. The number of nitrogens with zero attached hydrogens (tertiary/aromatic N) is 1. The number of pyridine rings is 1. The Bertz CT molecular complexity index is 647. The number of rotatable bonds is 5. The van der Waals surface area contributed by atoms with E-state index in [2.05, 4.69) is 31.5 Å². The van der Waals surface area contributed by atoms with Crippen LogP contribution in [0.2, 0.25) is 0 Å². The number of hydrogen-bond donors (Lipinski definition) is 2. The van der Waals surface area contributed by atoms with Gasteiger partial charge in [-0.05, 0) is 47.1 Å². The van der Waals surface area contributed by atoms with Crippen LogP contribution in [-0.2, 0) is 0 Å². The lowest BCUT2D eigenvalue weighted by molar-refractivity contribution is 0.102. The Labute approximate surface area is 131 Å². The molecule has 1 heterocycles. The van der Waals surface area contributed by atoms with Crippen LogP contribution in [-0.4, -0.2) is 24.5 Å². The van der Waals surface area contributed by atoms with Gasteiger partial charge in [-0.2, -0.15) is 0 Å². The zero-order valence-electron chi connectivity index (χ0n) is 11.8. The van der Waals surface area contributed by atoms with Gasteiger partial charge >= 0.3 is 0 Å². The van der Waals surface area contributed by atoms with E-state index in [0.717, 1.165) is 11.0 Å². The summed E-state index contributed by atoms with van der Waals surface area (Å²) in [5.74, 6) is 1.07. The smallest absolute Gasteiger partial charge is 0.274 e. The third kappa shape index (κ3) is 3.95. The summed E-state index contributed by atoms with van der Waals surface area (Å²) < 4.78 is 5.93. The van der Waals surface area contributed by atoms with E-state index in [9.17, 15) is 4.79 Å². The van der Waals surface area contributed by atoms with Crippen molar-refractivity contribution < 1.29 is 9.53 Å². The van der Waals surface area contributed by atoms with Crippen LogP contribution in [0.15, 0.2) is 40.9 Å². The van der Waals surface area contributed by atoms with Crippen molar-refractivity contribution in [1.82, 2.24) is 4.98 Å². The van der Waals surface area contributed by atoms with Crippen molar-refractivity contribution in [3.8, 4) is 5.75 Å². The van der Waals surface area contributed by atoms with Gasteiger partial charge in [0, 0.05) is 17.1 Å². The molecule has 0 spiro atoms. The standard InChI is InChI=1S/C15H16BrN3O2/c1-3-17-14-6-4-5-12(18-14)15(20)19-13-9-10(21-2)7-8-11(13)16/h4-9H,3H2,1-2H3,(H,17,18)(H,19,20). The molecule has 0 bridgehead atoms. The first-order chi connectivity index (χ1) is 10.1. The van der Waals surface area contributed by atoms with Crippen molar-refractivity contribution in [1.29, 1.82) is 0 Å². The molecule has 5 nitrogen and oxygen atoms in total. The SMILES string of the molecule is CCNc1cccc(C(=O)Nc2cc(OC)ccc2Br)n1. The van der Waals surface area contributed by atoms with E-state index in [0.29, 0.717) is 22.9 Å². The summed E-state index contributed by atoms with van der Waals surface area (Å²) in [5.41, 5.74) is 0.984. The molecule has 1 amide bonds. The third-order valence-electron chi connectivity index (χ3n) is 2.76. The topological polar surface area (TPSA) is 63.2 Å². The molecule has 0 aliphatic carbocycles. The summed E-state index contributed by atoms with van der Waals surface area (Å²) in [7, 11) is 1.58. The van der Waals surface area contributed by atoms with E-state index in [-0.39, 0.29) is 5.91 Å². The molecule has 1 aromatic carbocycles. The van der Waals surface area contributed by atoms with Crippen molar-refractivity contribution >= 4 is 33.3 Å². The first kappa shape index (κ1) is 15.3. The Balaban J connectivity index is 2.19. The number of aromatic nitrogens is 1. The first-order valence-electron chi connectivity index (χ1n) is 6.50. The molecule has 0 fully saturated rings. The molecule has 2 aromatic rings. The third-order valence-corrected chi connectivity index (χ3v) is 3.45. The molecule has 2 N–H and O–H groups in total. The maximum Gasteiger partial charge on any atom is 0.274 e. The zero-order chi connectivity index (χ0) is 15.2. The van der Waals surface area contributed by atoms with Gasteiger partial charge in [-0.25, -0.2) is 4.98 Å². The van der Waals surface area contributed by atoms with Gasteiger partial charge in [-0.1, -0.05) is 6.07 Å². The van der Waals surface area contributed by atoms with Gasteiger partial charge in [0.15, 0.2) is 0 Å². The quantitative estimate of drug-likeness (QED) is 0.866. The van der Waals surface area contributed by atoms with Crippen LogP contribution >= 0.6 is 15.9 Å². The van der Waals surface area contributed by atoms with Crippen LogP contribution in [0.1, 0.15) is 17.4 Å². The van der Waals surface area contributed by atoms with Crippen LogP contribution < -0.4 is 15.4 Å². The number of amides is 1. The summed E-state index contributed by atoms with van der Waals surface area (Å²) >= 11 is 3.40. The van der Waals surface area contributed by atoms with Crippen LogP contribution in [0.4, 0.5) is 11.5 Å². The van der Waals surface area contributed by atoms with Gasteiger partial charge in [-0.15, -0.1) is 0 Å². The number of hydrogen-bond acceptors (Lipinski definition) is 4. The second-order valence-corrected chi connectivity index (χ2v) is 5.09. The molecule has 110 valence electrons. The van der Waals surface area contributed by atoms with Gasteiger partial charge < -0.3 is 15.4 Å². The number of carbonyl (C=O) groups excluding carboxylic acids is 1. The number of carbonyl (C=O) groups is 1. The number of methoxy groups -OCH3 is 1. The molecule has 0 atom stereocenters. The summed E-state index contributed by atoms with van der Waals surface area (Å²) in [5, 5.41) is 5.89. The monoisotopic (exact) mass is 349 g/mol. The molecule has 0 aliphatic heterocycles. The van der Waals surface area contributed by atoms with Crippen molar-refractivity contribution in [2.45, 2.75) is 6.92 Å². The Kier molecular flexibility index (Phi) is 5.16. The maximum atomic E-state index is 12.3. The highest BCUT2D eigenvalue weighted by Crippen LogP contribution is 2.27. The molecule has 0 radical (unpaired) electrons. The lowest BCUT2D eigenvalue weighted by Crippen LogP contribution is -2.15. The predicted molar refractivity (Wildman–Crippen MR) is 87.0 cm³/mol. The molecule has 6 heteroatoms. The Morgan fingerprint density at radius 1 is 1.33 bits per heavy atom. The largest absolute Gasteiger partial charge is 0.497 e. The first-order valence-corrected chi connectivity index (χ1v) is 7.29. The summed E-state index contributed by atoms with van der Waals surface area (Å²) in [6.45, 7) is 2.72.